The number of rotatable bonds is 4. The second-order valence-corrected chi connectivity index (χ2v) is 7.68. The van der Waals surface area contributed by atoms with Gasteiger partial charge in [0.2, 0.25) is 5.95 Å². The minimum atomic E-state index is -3.56. The fourth-order valence-electron chi connectivity index (χ4n) is 2.09. The summed E-state index contributed by atoms with van der Waals surface area (Å²) in [6.07, 6.45) is 2.09. The van der Waals surface area contributed by atoms with Gasteiger partial charge in [0.25, 0.3) is 0 Å². The van der Waals surface area contributed by atoms with Crippen LogP contribution in [0.15, 0.2) is 24.4 Å². The first kappa shape index (κ1) is 17.5. The molecule has 0 aliphatic carbocycles. The topological polar surface area (TPSA) is 64.1 Å². The Balaban J connectivity index is 2.48. The Labute approximate surface area is 137 Å². The second-order valence-electron chi connectivity index (χ2n) is 5.14. The van der Waals surface area contributed by atoms with E-state index in [9.17, 15) is 22.0 Å². The van der Waals surface area contributed by atoms with E-state index in [0.29, 0.717) is 16.7 Å². The zero-order valence-electron chi connectivity index (χ0n) is 12.2. The highest BCUT2D eigenvalue weighted by Crippen LogP contribution is 2.28. The van der Waals surface area contributed by atoms with Crippen LogP contribution < -0.4 is 0 Å². The van der Waals surface area contributed by atoms with Crippen LogP contribution in [0.1, 0.15) is 15.9 Å². The third kappa shape index (κ3) is 4.11. The number of hydrogen-bond donors (Lipinski definition) is 0. The highest BCUT2D eigenvalue weighted by atomic mass is 35.5. The molecule has 1 heterocycles. The maximum absolute atomic E-state index is 14.2. The molecule has 1 aromatic heterocycles. The average molecular weight is 360 g/mol. The van der Waals surface area contributed by atoms with E-state index in [1.165, 1.54) is 18.3 Å². The van der Waals surface area contributed by atoms with Crippen molar-refractivity contribution < 1.29 is 22.0 Å². The van der Waals surface area contributed by atoms with E-state index < -0.39 is 33.1 Å². The summed E-state index contributed by atoms with van der Waals surface area (Å²) in [6.45, 7) is 1.61. The lowest BCUT2D eigenvalue weighted by molar-refractivity contribution is 0.101. The Morgan fingerprint density at radius 2 is 1.91 bits per heavy atom. The first-order chi connectivity index (χ1) is 10.6. The molecule has 0 N–H and O–H groups in total. The Kier molecular flexibility index (Phi) is 4.81. The number of ketones is 1. The van der Waals surface area contributed by atoms with Crippen LogP contribution in [0.2, 0.25) is 5.02 Å². The van der Waals surface area contributed by atoms with Gasteiger partial charge in [-0.2, -0.15) is 4.39 Å². The lowest BCUT2D eigenvalue weighted by Gasteiger charge is -2.10. The van der Waals surface area contributed by atoms with Gasteiger partial charge in [-0.05, 0) is 36.2 Å². The summed E-state index contributed by atoms with van der Waals surface area (Å²) < 4.78 is 49.6. The van der Waals surface area contributed by atoms with Crippen LogP contribution in [0.4, 0.5) is 8.78 Å². The molecular formula is C15H12ClF2NO3S. The van der Waals surface area contributed by atoms with Crippen molar-refractivity contribution in [3.05, 3.63) is 52.3 Å². The SMILES string of the molecule is Cc1cc(C(=O)CS(C)(=O)=O)c(F)cc1-c1cnc(F)c(Cl)c1. The van der Waals surface area contributed by atoms with Gasteiger partial charge < -0.3 is 0 Å². The van der Waals surface area contributed by atoms with Crippen molar-refractivity contribution in [3.63, 3.8) is 0 Å². The number of hydrogen-bond acceptors (Lipinski definition) is 4. The number of nitrogens with zero attached hydrogens (tertiary/aromatic N) is 1. The maximum Gasteiger partial charge on any atom is 0.231 e. The largest absolute Gasteiger partial charge is 0.293 e. The number of aromatic nitrogens is 1. The van der Waals surface area contributed by atoms with Gasteiger partial charge in [-0.3, -0.25) is 4.79 Å². The van der Waals surface area contributed by atoms with Crippen LogP contribution >= 0.6 is 11.6 Å². The lowest BCUT2D eigenvalue weighted by Crippen LogP contribution is -2.16. The number of carbonyl (C=O) groups is 1. The zero-order chi connectivity index (χ0) is 17.4. The minimum absolute atomic E-state index is 0.209. The predicted octanol–water partition coefficient (Wildman–Crippen LogP) is 3.22. The van der Waals surface area contributed by atoms with Gasteiger partial charge in [0.05, 0.1) is 10.6 Å². The summed E-state index contributed by atoms with van der Waals surface area (Å²) in [6, 6.07) is 3.63. The van der Waals surface area contributed by atoms with Crippen molar-refractivity contribution in [1.82, 2.24) is 4.98 Å². The molecule has 4 nitrogen and oxygen atoms in total. The Morgan fingerprint density at radius 1 is 1.26 bits per heavy atom. The lowest BCUT2D eigenvalue weighted by atomic mass is 9.98. The molecule has 2 aromatic rings. The molecule has 2 rings (SSSR count). The van der Waals surface area contributed by atoms with Crippen LogP contribution in [0.5, 0.6) is 0 Å². The van der Waals surface area contributed by atoms with Crippen molar-refractivity contribution in [2.75, 3.05) is 12.0 Å². The normalized spacial score (nSPS) is 11.5. The van der Waals surface area contributed by atoms with Crippen LogP contribution in [-0.2, 0) is 9.84 Å². The standard InChI is InChI=1S/C15H12ClF2NO3S/c1-8-3-11(14(20)7-23(2,21)22)13(17)5-10(8)9-4-12(16)15(18)19-6-9/h3-6H,7H2,1-2H3. The highest BCUT2D eigenvalue weighted by Gasteiger charge is 2.19. The van der Waals surface area contributed by atoms with E-state index in [2.05, 4.69) is 4.98 Å². The third-order valence-electron chi connectivity index (χ3n) is 3.12. The summed E-state index contributed by atoms with van der Waals surface area (Å²) in [5, 5.41) is -0.209. The zero-order valence-corrected chi connectivity index (χ0v) is 13.8. The van der Waals surface area contributed by atoms with Gasteiger partial charge in [0.1, 0.15) is 11.6 Å². The van der Waals surface area contributed by atoms with Crippen LogP contribution in [0.3, 0.4) is 0 Å². The summed E-state index contributed by atoms with van der Waals surface area (Å²) >= 11 is 5.66. The average Bonchev–Trinajstić information content (AvgIpc) is 2.42. The Morgan fingerprint density at radius 3 is 2.48 bits per heavy atom. The van der Waals surface area contributed by atoms with E-state index in [-0.39, 0.29) is 10.6 Å². The number of pyridine rings is 1. The molecule has 0 fully saturated rings. The van der Waals surface area contributed by atoms with Gasteiger partial charge in [-0.25, -0.2) is 17.8 Å². The van der Waals surface area contributed by atoms with E-state index in [1.54, 1.807) is 6.92 Å². The number of halogens is 3. The number of aryl methyl sites for hydroxylation is 1. The fourth-order valence-corrected chi connectivity index (χ4v) is 2.89. The van der Waals surface area contributed by atoms with E-state index in [1.807, 2.05) is 0 Å². The molecule has 0 radical (unpaired) electrons. The first-order valence-electron chi connectivity index (χ1n) is 6.41. The van der Waals surface area contributed by atoms with Crippen LogP contribution in [0, 0.1) is 18.7 Å². The van der Waals surface area contributed by atoms with Gasteiger partial charge in [0, 0.05) is 18.0 Å². The van der Waals surface area contributed by atoms with E-state index in [0.717, 1.165) is 12.3 Å². The molecule has 0 aliphatic rings. The molecule has 122 valence electrons. The number of carbonyl (C=O) groups excluding carboxylic acids is 1. The molecule has 0 atom stereocenters. The van der Waals surface area contributed by atoms with Gasteiger partial charge >= 0.3 is 0 Å². The molecule has 0 unspecified atom stereocenters. The van der Waals surface area contributed by atoms with Crippen LogP contribution in [-0.4, -0.2) is 31.2 Å². The Hall–Kier alpha value is -1.86. The quantitative estimate of drug-likeness (QED) is 0.621. The Bertz CT molecular complexity index is 898. The molecule has 0 aliphatic heterocycles. The first-order valence-corrected chi connectivity index (χ1v) is 8.85. The maximum atomic E-state index is 14.2. The van der Waals surface area contributed by atoms with Crippen molar-refractivity contribution in [2.24, 2.45) is 0 Å². The molecule has 0 bridgehead atoms. The van der Waals surface area contributed by atoms with Crippen molar-refractivity contribution in [2.45, 2.75) is 6.92 Å². The minimum Gasteiger partial charge on any atom is -0.293 e. The summed E-state index contributed by atoms with van der Waals surface area (Å²) in [5.74, 6) is -3.30. The predicted molar refractivity (Wildman–Crippen MR) is 83.4 cm³/mol. The molecule has 0 saturated carbocycles. The number of Topliss-reactive ketones (excluding diaryl/α,β-unsaturated/α-hetero) is 1. The fraction of sp³-hybridized carbons (Fsp3) is 0.200. The number of benzene rings is 1. The van der Waals surface area contributed by atoms with Crippen LogP contribution in [0.25, 0.3) is 11.1 Å². The monoisotopic (exact) mass is 359 g/mol. The van der Waals surface area contributed by atoms with Crippen molar-refractivity contribution >= 4 is 27.2 Å². The van der Waals surface area contributed by atoms with Gasteiger partial charge in [-0.15, -0.1) is 0 Å². The summed E-state index contributed by atoms with van der Waals surface area (Å²) in [7, 11) is -3.56. The van der Waals surface area contributed by atoms with Gasteiger partial charge in [-0.1, -0.05) is 11.6 Å². The summed E-state index contributed by atoms with van der Waals surface area (Å²) in [5.41, 5.74) is 0.966. The number of sulfone groups is 1. The molecule has 1 aromatic carbocycles. The van der Waals surface area contributed by atoms with E-state index >= 15 is 0 Å². The molecule has 0 spiro atoms. The van der Waals surface area contributed by atoms with E-state index in [4.69, 9.17) is 11.6 Å². The van der Waals surface area contributed by atoms with Gasteiger partial charge in [0.15, 0.2) is 15.6 Å². The highest BCUT2D eigenvalue weighted by molar-refractivity contribution is 7.91. The molecule has 23 heavy (non-hydrogen) atoms. The molecule has 0 saturated heterocycles. The molecule has 0 amide bonds. The molecule has 8 heteroatoms. The van der Waals surface area contributed by atoms with Crippen molar-refractivity contribution in [3.8, 4) is 11.1 Å². The smallest absolute Gasteiger partial charge is 0.231 e. The van der Waals surface area contributed by atoms with Crippen molar-refractivity contribution in [1.29, 1.82) is 0 Å². The summed E-state index contributed by atoms with van der Waals surface area (Å²) in [4.78, 5) is 15.3. The second kappa shape index (κ2) is 6.33. The molecular weight excluding hydrogens is 348 g/mol. The third-order valence-corrected chi connectivity index (χ3v) is 4.17.